The summed E-state index contributed by atoms with van der Waals surface area (Å²) in [6, 6.07) is 13.1. The molecule has 0 radical (unpaired) electrons. The molecular weight excluding hydrogens is 242 g/mol. The van der Waals surface area contributed by atoms with E-state index in [1.165, 1.54) is 27.7 Å². The molecular formula is C19H21N. The van der Waals surface area contributed by atoms with Gasteiger partial charge in [0, 0.05) is 23.8 Å². The van der Waals surface area contributed by atoms with E-state index in [0.717, 1.165) is 0 Å². The number of likely N-dealkylation sites (N-methyl/N-ethyl adjacent to an activating group) is 1. The van der Waals surface area contributed by atoms with E-state index in [4.69, 9.17) is 0 Å². The van der Waals surface area contributed by atoms with Crippen LogP contribution in [0, 0.1) is 0 Å². The summed E-state index contributed by atoms with van der Waals surface area (Å²) in [5.41, 5.74) is 4.14. The molecule has 0 saturated heterocycles. The average molecular weight is 263 g/mol. The van der Waals surface area contributed by atoms with E-state index in [-0.39, 0.29) is 5.41 Å². The molecule has 0 spiro atoms. The Morgan fingerprint density at radius 3 is 2.55 bits per heavy atom. The molecule has 0 aromatic heterocycles. The molecule has 2 aromatic rings. The van der Waals surface area contributed by atoms with Crippen LogP contribution in [0.15, 0.2) is 60.3 Å². The van der Waals surface area contributed by atoms with Crippen molar-refractivity contribution < 1.29 is 0 Å². The fourth-order valence-electron chi connectivity index (χ4n) is 3.38. The van der Waals surface area contributed by atoms with Crippen molar-refractivity contribution in [3.05, 3.63) is 65.9 Å². The topological polar surface area (TPSA) is 3.24 Å². The highest BCUT2D eigenvalue weighted by atomic mass is 15.2. The van der Waals surface area contributed by atoms with E-state index in [2.05, 4.69) is 87.3 Å². The highest BCUT2D eigenvalue weighted by Crippen LogP contribution is 2.49. The van der Waals surface area contributed by atoms with Crippen LogP contribution in [0.2, 0.25) is 0 Å². The molecule has 1 heterocycles. The smallest absolute Gasteiger partial charge is 0.0454 e. The van der Waals surface area contributed by atoms with Crippen LogP contribution in [0.5, 0.6) is 0 Å². The van der Waals surface area contributed by atoms with E-state index < -0.39 is 0 Å². The number of hydrogen-bond acceptors (Lipinski definition) is 1. The average Bonchev–Trinajstić information content (AvgIpc) is 2.64. The first-order valence-electron chi connectivity index (χ1n) is 7.17. The van der Waals surface area contributed by atoms with Crippen LogP contribution in [0.1, 0.15) is 26.3 Å². The number of rotatable bonds is 1. The summed E-state index contributed by atoms with van der Waals surface area (Å²) >= 11 is 0. The van der Waals surface area contributed by atoms with Crippen LogP contribution in [-0.4, -0.2) is 7.05 Å². The Labute approximate surface area is 121 Å². The number of nitrogens with zero attached hydrogens (tertiary/aromatic N) is 1. The third kappa shape index (κ3) is 1.70. The molecule has 0 N–H and O–H groups in total. The van der Waals surface area contributed by atoms with Crippen molar-refractivity contribution >= 4 is 16.5 Å². The van der Waals surface area contributed by atoms with Gasteiger partial charge in [-0.15, -0.1) is 0 Å². The van der Waals surface area contributed by atoms with Crippen molar-refractivity contribution in [2.24, 2.45) is 0 Å². The minimum Gasteiger partial charge on any atom is -0.347 e. The molecule has 1 aliphatic rings. The molecule has 20 heavy (non-hydrogen) atoms. The fraction of sp³-hybridized carbons (Fsp3) is 0.263. The third-order valence-corrected chi connectivity index (χ3v) is 4.34. The minimum absolute atomic E-state index is 0.0322. The van der Waals surface area contributed by atoms with Gasteiger partial charge in [0.2, 0.25) is 0 Å². The molecule has 3 rings (SSSR count). The predicted octanol–water partition coefficient (Wildman–Crippen LogP) is 5.03. The summed E-state index contributed by atoms with van der Waals surface area (Å²) in [5.74, 6) is 0. The van der Waals surface area contributed by atoms with E-state index in [9.17, 15) is 0 Å². The molecule has 102 valence electrons. The maximum Gasteiger partial charge on any atom is 0.0454 e. The van der Waals surface area contributed by atoms with Crippen LogP contribution in [-0.2, 0) is 5.41 Å². The van der Waals surface area contributed by atoms with E-state index >= 15 is 0 Å². The molecule has 0 aliphatic carbocycles. The summed E-state index contributed by atoms with van der Waals surface area (Å²) in [4.78, 5) is 2.32. The molecule has 0 fully saturated rings. The first-order valence-corrected chi connectivity index (χ1v) is 7.17. The zero-order chi connectivity index (χ0) is 14.3. The Hall–Kier alpha value is -2.02. The van der Waals surface area contributed by atoms with Crippen LogP contribution in [0.4, 0.5) is 5.69 Å². The number of benzene rings is 2. The van der Waals surface area contributed by atoms with Gasteiger partial charge < -0.3 is 4.90 Å². The summed E-state index contributed by atoms with van der Waals surface area (Å²) in [7, 11) is 2.16. The summed E-state index contributed by atoms with van der Waals surface area (Å²) in [5, 5.41) is 2.69. The standard InChI is InChI=1S/C19H21N/c1-5-6-11-17-19(2,3)18-15-10-8-7-9-14(15)12-13-16(18)20(17)4/h5-13H,1-4H3/b6-5+,17-11-. The Balaban J connectivity index is 2.33. The van der Waals surface area contributed by atoms with Gasteiger partial charge in [-0.3, -0.25) is 0 Å². The van der Waals surface area contributed by atoms with Gasteiger partial charge in [0.1, 0.15) is 0 Å². The highest BCUT2D eigenvalue weighted by molar-refractivity contribution is 5.94. The molecule has 1 heteroatoms. The molecule has 0 unspecified atom stereocenters. The SMILES string of the molecule is C/C=C/C=C1\N(C)c2ccc3ccccc3c2C1(C)C. The number of allylic oxidation sites excluding steroid dienone is 4. The molecule has 2 aromatic carbocycles. The number of anilines is 1. The molecule has 0 amide bonds. The second-order valence-electron chi connectivity index (χ2n) is 5.94. The van der Waals surface area contributed by atoms with Gasteiger partial charge in [0.15, 0.2) is 0 Å². The number of hydrogen-bond donors (Lipinski definition) is 0. The van der Waals surface area contributed by atoms with Crippen molar-refractivity contribution in [3.63, 3.8) is 0 Å². The van der Waals surface area contributed by atoms with Crippen molar-refractivity contribution in [2.75, 3.05) is 11.9 Å². The highest BCUT2D eigenvalue weighted by Gasteiger charge is 2.39. The second kappa shape index (κ2) is 4.52. The first-order chi connectivity index (χ1) is 9.57. The van der Waals surface area contributed by atoms with E-state index in [1.54, 1.807) is 0 Å². The van der Waals surface area contributed by atoms with Crippen molar-refractivity contribution in [3.8, 4) is 0 Å². The van der Waals surface area contributed by atoms with Gasteiger partial charge in [-0.1, -0.05) is 56.3 Å². The van der Waals surface area contributed by atoms with E-state index in [0.29, 0.717) is 0 Å². The van der Waals surface area contributed by atoms with Crippen LogP contribution in [0.3, 0.4) is 0 Å². The van der Waals surface area contributed by atoms with Gasteiger partial charge in [0.25, 0.3) is 0 Å². The van der Waals surface area contributed by atoms with Crippen molar-refractivity contribution in [1.82, 2.24) is 0 Å². The maximum absolute atomic E-state index is 2.32. The van der Waals surface area contributed by atoms with Crippen LogP contribution < -0.4 is 4.90 Å². The number of fused-ring (bicyclic) bond motifs is 3. The third-order valence-electron chi connectivity index (χ3n) is 4.34. The van der Waals surface area contributed by atoms with Gasteiger partial charge in [-0.25, -0.2) is 0 Å². The predicted molar refractivity (Wildman–Crippen MR) is 88.3 cm³/mol. The summed E-state index contributed by atoms with van der Waals surface area (Å²) < 4.78 is 0. The van der Waals surface area contributed by atoms with Crippen molar-refractivity contribution in [1.29, 1.82) is 0 Å². The summed E-state index contributed by atoms with van der Waals surface area (Å²) in [6.45, 7) is 6.69. The summed E-state index contributed by atoms with van der Waals surface area (Å²) in [6.07, 6.45) is 6.44. The zero-order valence-corrected chi connectivity index (χ0v) is 12.6. The molecule has 1 nitrogen and oxygen atoms in total. The largest absolute Gasteiger partial charge is 0.347 e. The van der Waals surface area contributed by atoms with Gasteiger partial charge in [-0.05, 0) is 35.4 Å². The van der Waals surface area contributed by atoms with Crippen molar-refractivity contribution in [2.45, 2.75) is 26.2 Å². The minimum atomic E-state index is 0.0322. The Morgan fingerprint density at radius 1 is 1.05 bits per heavy atom. The molecule has 0 saturated carbocycles. The lowest BCUT2D eigenvalue weighted by atomic mass is 9.81. The quantitative estimate of drug-likeness (QED) is 0.697. The normalized spacial score (nSPS) is 19.2. The fourth-order valence-corrected chi connectivity index (χ4v) is 3.38. The van der Waals surface area contributed by atoms with Gasteiger partial charge in [-0.2, -0.15) is 0 Å². The monoisotopic (exact) mass is 263 g/mol. The lowest BCUT2D eigenvalue weighted by Crippen LogP contribution is -2.22. The maximum atomic E-state index is 2.32. The zero-order valence-electron chi connectivity index (χ0n) is 12.6. The Morgan fingerprint density at radius 2 is 1.80 bits per heavy atom. The lowest BCUT2D eigenvalue weighted by Gasteiger charge is -2.24. The Bertz CT molecular complexity index is 720. The first kappa shape index (κ1) is 13.0. The molecule has 0 atom stereocenters. The Kier molecular flexibility index (Phi) is 2.93. The van der Waals surface area contributed by atoms with Gasteiger partial charge >= 0.3 is 0 Å². The van der Waals surface area contributed by atoms with Crippen LogP contribution >= 0.6 is 0 Å². The van der Waals surface area contributed by atoms with Gasteiger partial charge in [0.05, 0.1) is 0 Å². The molecule has 0 bridgehead atoms. The lowest BCUT2D eigenvalue weighted by molar-refractivity contribution is 0.645. The second-order valence-corrected chi connectivity index (χ2v) is 5.94. The molecule has 1 aliphatic heterocycles. The van der Waals surface area contributed by atoms with Crippen LogP contribution in [0.25, 0.3) is 10.8 Å². The van der Waals surface area contributed by atoms with E-state index in [1.807, 2.05) is 0 Å².